The maximum atomic E-state index is 6.56. The zero-order chi connectivity index (χ0) is 22.9. The lowest BCUT2D eigenvalue weighted by molar-refractivity contribution is 0.306. The van der Waals surface area contributed by atoms with Crippen LogP contribution in [0.15, 0.2) is 48.9 Å². The Hall–Kier alpha value is -2.65. The van der Waals surface area contributed by atoms with Crippen LogP contribution >= 0.6 is 23.7 Å². The van der Waals surface area contributed by atoms with E-state index in [0.29, 0.717) is 11.6 Å². The maximum Gasteiger partial charge on any atom is 0.146 e. The van der Waals surface area contributed by atoms with Gasteiger partial charge in [0.2, 0.25) is 0 Å². The molecule has 7 nitrogen and oxygen atoms in total. The van der Waals surface area contributed by atoms with E-state index in [1.54, 1.807) is 24.5 Å². The van der Waals surface area contributed by atoms with Crippen molar-refractivity contribution < 1.29 is 4.74 Å². The first-order chi connectivity index (χ1) is 16.0. The number of aromatic nitrogens is 4. The number of halogens is 1. The molecule has 0 amide bonds. The van der Waals surface area contributed by atoms with E-state index in [2.05, 4.69) is 37.9 Å². The molecule has 4 aromatic rings. The number of aryl methyl sites for hydroxylation is 2. The molecule has 1 aromatic carbocycles. The van der Waals surface area contributed by atoms with Crippen molar-refractivity contribution in [1.29, 1.82) is 0 Å². The summed E-state index contributed by atoms with van der Waals surface area (Å²) in [6.45, 7) is 5.14. The van der Waals surface area contributed by atoms with Crippen molar-refractivity contribution in [2.45, 2.75) is 20.1 Å². The summed E-state index contributed by atoms with van der Waals surface area (Å²) in [5.41, 5.74) is 5.91. The largest absolute Gasteiger partial charge is 0.487 e. The van der Waals surface area contributed by atoms with Crippen LogP contribution in [0.5, 0.6) is 5.75 Å². The molecular formula is C24H25ClN6OS. The first-order valence-corrected chi connectivity index (χ1v) is 11.9. The maximum absolute atomic E-state index is 6.56. The summed E-state index contributed by atoms with van der Waals surface area (Å²) in [5, 5.41) is 5.97. The summed E-state index contributed by atoms with van der Waals surface area (Å²) >= 11 is 8.29. The van der Waals surface area contributed by atoms with Crippen molar-refractivity contribution in [2.75, 3.05) is 20.1 Å². The zero-order valence-electron chi connectivity index (χ0n) is 18.8. The number of likely N-dealkylation sites (N-methyl/N-ethyl adjacent to an activating group) is 1. The van der Waals surface area contributed by atoms with Gasteiger partial charge in [0.25, 0.3) is 0 Å². The van der Waals surface area contributed by atoms with Crippen LogP contribution in [-0.4, -0.2) is 48.5 Å². The molecule has 0 atom stereocenters. The molecule has 1 aliphatic rings. The molecule has 1 aliphatic heterocycles. The fourth-order valence-electron chi connectivity index (χ4n) is 4.10. The van der Waals surface area contributed by atoms with E-state index in [9.17, 15) is 0 Å². The van der Waals surface area contributed by atoms with Gasteiger partial charge in [-0.3, -0.25) is 9.67 Å². The normalized spacial score (nSPS) is 14.9. The fourth-order valence-corrected chi connectivity index (χ4v) is 5.25. The van der Waals surface area contributed by atoms with Crippen LogP contribution in [0.1, 0.15) is 16.8 Å². The quantitative estimate of drug-likeness (QED) is 0.364. The van der Waals surface area contributed by atoms with Crippen LogP contribution in [0.25, 0.3) is 22.2 Å². The van der Waals surface area contributed by atoms with Gasteiger partial charge in [-0.2, -0.15) is 5.10 Å². The summed E-state index contributed by atoms with van der Waals surface area (Å²) in [6, 6.07) is 10.1. The number of hydrogen-bond donors (Lipinski definition) is 0. The summed E-state index contributed by atoms with van der Waals surface area (Å²) in [5.74, 6) is 0.730. The average molecular weight is 481 g/mol. The Bertz CT molecular complexity index is 1310. The van der Waals surface area contributed by atoms with Gasteiger partial charge in [-0.05, 0) is 37.7 Å². The first-order valence-electron chi connectivity index (χ1n) is 10.8. The van der Waals surface area contributed by atoms with Gasteiger partial charge in [0.1, 0.15) is 17.9 Å². The van der Waals surface area contributed by atoms with Crippen LogP contribution in [0, 0.1) is 6.92 Å². The van der Waals surface area contributed by atoms with Crippen molar-refractivity contribution in [3.63, 3.8) is 0 Å². The monoisotopic (exact) mass is 480 g/mol. The van der Waals surface area contributed by atoms with E-state index in [0.717, 1.165) is 64.4 Å². The predicted octanol–water partition coefficient (Wildman–Crippen LogP) is 4.88. The smallest absolute Gasteiger partial charge is 0.146 e. The number of hydrogen-bond acceptors (Lipinski definition) is 7. The minimum Gasteiger partial charge on any atom is -0.487 e. The van der Waals surface area contributed by atoms with Crippen molar-refractivity contribution in [3.8, 4) is 17.0 Å². The van der Waals surface area contributed by atoms with Crippen molar-refractivity contribution in [3.05, 3.63) is 70.8 Å². The topological polar surface area (TPSA) is 59.3 Å². The molecule has 5 rings (SSSR count). The molecule has 1 fully saturated rings. The Balaban J connectivity index is 1.46. The second-order valence-electron chi connectivity index (χ2n) is 8.15. The molecule has 0 bridgehead atoms. The van der Waals surface area contributed by atoms with Crippen LogP contribution < -0.4 is 4.74 Å². The SMILES string of the molecule is Cc1cc(-c2ccnn2C)c2cccc(OCc3c(Cl)cncc3CN3CCN(C)S3)c2n1. The number of nitrogens with zero attached hydrogens (tertiary/aromatic N) is 6. The highest BCUT2D eigenvalue weighted by Crippen LogP contribution is 2.34. The molecule has 0 aliphatic carbocycles. The third kappa shape index (κ3) is 4.56. The Kier molecular flexibility index (Phi) is 6.25. The van der Waals surface area contributed by atoms with Crippen molar-refractivity contribution in [2.24, 2.45) is 7.05 Å². The second kappa shape index (κ2) is 9.30. The Morgan fingerprint density at radius 3 is 2.79 bits per heavy atom. The number of pyridine rings is 2. The molecule has 9 heteroatoms. The summed E-state index contributed by atoms with van der Waals surface area (Å²) in [6.07, 6.45) is 5.37. The van der Waals surface area contributed by atoms with Gasteiger partial charge in [0, 0.05) is 79.6 Å². The minimum absolute atomic E-state index is 0.348. The fraction of sp³-hybridized carbons (Fsp3) is 0.292. The molecule has 0 N–H and O–H groups in total. The van der Waals surface area contributed by atoms with E-state index in [1.165, 1.54) is 0 Å². The third-order valence-corrected chi connectivity index (χ3v) is 7.09. The molecule has 4 heterocycles. The van der Waals surface area contributed by atoms with E-state index in [4.69, 9.17) is 21.3 Å². The highest BCUT2D eigenvalue weighted by Gasteiger charge is 2.21. The highest BCUT2D eigenvalue weighted by molar-refractivity contribution is 7.94. The minimum atomic E-state index is 0.348. The molecule has 0 unspecified atom stereocenters. The lowest BCUT2D eigenvalue weighted by atomic mass is 10.0. The Morgan fingerprint density at radius 1 is 1.15 bits per heavy atom. The summed E-state index contributed by atoms with van der Waals surface area (Å²) < 4.78 is 12.7. The highest BCUT2D eigenvalue weighted by atomic mass is 35.5. The van der Waals surface area contributed by atoms with E-state index in [1.807, 2.05) is 43.0 Å². The van der Waals surface area contributed by atoms with Crippen molar-refractivity contribution >= 4 is 34.6 Å². The van der Waals surface area contributed by atoms with Crippen LogP contribution in [0.4, 0.5) is 0 Å². The van der Waals surface area contributed by atoms with Gasteiger partial charge < -0.3 is 4.74 Å². The predicted molar refractivity (Wildman–Crippen MR) is 133 cm³/mol. The number of para-hydroxylation sites is 1. The van der Waals surface area contributed by atoms with Crippen molar-refractivity contribution in [1.82, 2.24) is 28.4 Å². The van der Waals surface area contributed by atoms with Gasteiger partial charge in [-0.25, -0.2) is 13.6 Å². The Morgan fingerprint density at radius 2 is 2.03 bits per heavy atom. The molecule has 0 saturated carbocycles. The molecule has 3 aromatic heterocycles. The summed E-state index contributed by atoms with van der Waals surface area (Å²) in [4.78, 5) is 9.12. The van der Waals surface area contributed by atoms with E-state index in [-0.39, 0.29) is 0 Å². The van der Waals surface area contributed by atoms with Gasteiger partial charge >= 0.3 is 0 Å². The van der Waals surface area contributed by atoms with Crippen LogP contribution in [0.2, 0.25) is 5.02 Å². The molecule has 1 saturated heterocycles. The lowest BCUT2D eigenvalue weighted by Crippen LogP contribution is -2.14. The third-order valence-electron chi connectivity index (χ3n) is 5.76. The van der Waals surface area contributed by atoms with Crippen LogP contribution in [-0.2, 0) is 20.2 Å². The van der Waals surface area contributed by atoms with E-state index < -0.39 is 0 Å². The standard InChI is InChI=1S/C24H25ClN6OS/c1-16-11-19(22-7-8-27-30(22)3)18-5-4-6-23(24(18)28-16)32-15-20-17(12-26-13-21(20)25)14-31-10-9-29(2)33-31/h4-8,11-13H,9-10,14-15H2,1-3H3. The summed E-state index contributed by atoms with van der Waals surface area (Å²) in [7, 11) is 4.04. The molecule has 33 heavy (non-hydrogen) atoms. The molecule has 0 radical (unpaired) electrons. The molecule has 170 valence electrons. The average Bonchev–Trinajstić information content (AvgIpc) is 3.40. The molecular weight excluding hydrogens is 456 g/mol. The van der Waals surface area contributed by atoms with E-state index >= 15 is 0 Å². The number of benzene rings is 1. The Labute approximate surface area is 202 Å². The lowest BCUT2D eigenvalue weighted by Gasteiger charge is -2.18. The zero-order valence-corrected chi connectivity index (χ0v) is 20.4. The van der Waals surface area contributed by atoms with Crippen LogP contribution in [0.3, 0.4) is 0 Å². The second-order valence-corrected chi connectivity index (χ2v) is 9.86. The van der Waals surface area contributed by atoms with Gasteiger partial charge in [-0.15, -0.1) is 0 Å². The number of fused-ring (bicyclic) bond motifs is 1. The number of ether oxygens (including phenoxy) is 1. The van der Waals surface area contributed by atoms with Gasteiger partial charge in [0.15, 0.2) is 0 Å². The van der Waals surface area contributed by atoms with Gasteiger partial charge in [-0.1, -0.05) is 23.7 Å². The van der Waals surface area contributed by atoms with Gasteiger partial charge in [0.05, 0.1) is 10.7 Å². The molecule has 0 spiro atoms. The number of rotatable bonds is 6. The first kappa shape index (κ1) is 22.2.